The van der Waals surface area contributed by atoms with E-state index in [1.807, 2.05) is 11.0 Å². The van der Waals surface area contributed by atoms with Gasteiger partial charge in [-0.25, -0.2) is 0 Å². The van der Waals surface area contributed by atoms with Gasteiger partial charge >= 0.3 is 0 Å². The fraction of sp³-hybridized carbons (Fsp3) is 0.562. The van der Waals surface area contributed by atoms with E-state index in [0.717, 1.165) is 31.7 Å². The van der Waals surface area contributed by atoms with Gasteiger partial charge in [0.15, 0.2) is 0 Å². The quantitative estimate of drug-likeness (QED) is 0.836. The van der Waals surface area contributed by atoms with Crippen LogP contribution >= 0.6 is 0 Å². The zero-order chi connectivity index (χ0) is 13.4. The maximum Gasteiger partial charge on any atom is 0.231 e. The SMILES string of the molecule is CC1Cc2ccccc2N(C(=O)C2CNCC2C)C1. The second kappa shape index (κ2) is 4.97. The summed E-state index contributed by atoms with van der Waals surface area (Å²) in [6, 6.07) is 8.35. The highest BCUT2D eigenvalue weighted by Crippen LogP contribution is 2.32. The number of hydrogen-bond donors (Lipinski definition) is 1. The van der Waals surface area contributed by atoms with Crippen LogP contribution in [0.25, 0.3) is 0 Å². The van der Waals surface area contributed by atoms with Crippen molar-refractivity contribution in [3.63, 3.8) is 0 Å². The van der Waals surface area contributed by atoms with Gasteiger partial charge in [-0.3, -0.25) is 4.79 Å². The van der Waals surface area contributed by atoms with Crippen LogP contribution in [-0.2, 0) is 11.2 Å². The van der Waals surface area contributed by atoms with Crippen LogP contribution in [-0.4, -0.2) is 25.5 Å². The van der Waals surface area contributed by atoms with Crippen molar-refractivity contribution >= 4 is 11.6 Å². The van der Waals surface area contributed by atoms with Gasteiger partial charge in [0.05, 0.1) is 5.92 Å². The average molecular weight is 258 g/mol. The first-order chi connectivity index (χ1) is 9.16. The number of anilines is 1. The molecule has 1 fully saturated rings. The minimum Gasteiger partial charge on any atom is -0.316 e. The summed E-state index contributed by atoms with van der Waals surface area (Å²) in [4.78, 5) is 14.8. The van der Waals surface area contributed by atoms with Gasteiger partial charge in [0.1, 0.15) is 0 Å². The lowest BCUT2D eigenvalue weighted by molar-refractivity contribution is -0.123. The van der Waals surface area contributed by atoms with Crippen LogP contribution in [0, 0.1) is 17.8 Å². The molecule has 0 saturated carbocycles. The molecule has 19 heavy (non-hydrogen) atoms. The van der Waals surface area contributed by atoms with Crippen molar-refractivity contribution in [2.75, 3.05) is 24.5 Å². The molecule has 1 saturated heterocycles. The number of fused-ring (bicyclic) bond motifs is 1. The summed E-state index contributed by atoms with van der Waals surface area (Å²) in [5.41, 5.74) is 2.44. The molecular weight excluding hydrogens is 236 g/mol. The van der Waals surface area contributed by atoms with Crippen molar-refractivity contribution < 1.29 is 4.79 Å². The first-order valence-corrected chi connectivity index (χ1v) is 7.27. The van der Waals surface area contributed by atoms with E-state index >= 15 is 0 Å². The van der Waals surface area contributed by atoms with Crippen LogP contribution in [0.15, 0.2) is 24.3 Å². The lowest BCUT2D eigenvalue weighted by atomic mass is 9.90. The van der Waals surface area contributed by atoms with Crippen molar-refractivity contribution in [3.8, 4) is 0 Å². The molecular formula is C16H22N2O. The topological polar surface area (TPSA) is 32.3 Å². The molecule has 2 heterocycles. The molecule has 0 spiro atoms. The van der Waals surface area contributed by atoms with E-state index in [-0.39, 0.29) is 5.92 Å². The molecule has 3 nitrogen and oxygen atoms in total. The maximum atomic E-state index is 12.8. The van der Waals surface area contributed by atoms with Crippen molar-refractivity contribution in [2.24, 2.45) is 17.8 Å². The van der Waals surface area contributed by atoms with Crippen LogP contribution in [0.3, 0.4) is 0 Å². The molecule has 1 aromatic carbocycles. The van der Waals surface area contributed by atoms with E-state index in [1.54, 1.807) is 0 Å². The van der Waals surface area contributed by atoms with Gasteiger partial charge in [0.2, 0.25) is 5.91 Å². The monoisotopic (exact) mass is 258 g/mol. The summed E-state index contributed by atoms with van der Waals surface area (Å²) in [5, 5.41) is 3.33. The molecule has 0 radical (unpaired) electrons. The van der Waals surface area contributed by atoms with Crippen LogP contribution in [0.5, 0.6) is 0 Å². The molecule has 3 atom stereocenters. The fourth-order valence-electron chi connectivity index (χ4n) is 3.35. The third kappa shape index (κ3) is 2.27. The molecule has 1 N–H and O–H groups in total. The molecule has 2 aliphatic heterocycles. The molecule has 0 aromatic heterocycles. The zero-order valence-electron chi connectivity index (χ0n) is 11.7. The summed E-state index contributed by atoms with van der Waals surface area (Å²) >= 11 is 0. The number of nitrogens with zero attached hydrogens (tertiary/aromatic N) is 1. The van der Waals surface area contributed by atoms with Gasteiger partial charge in [0.25, 0.3) is 0 Å². The van der Waals surface area contributed by atoms with E-state index < -0.39 is 0 Å². The number of carbonyl (C=O) groups is 1. The number of rotatable bonds is 1. The van der Waals surface area contributed by atoms with Crippen LogP contribution in [0.2, 0.25) is 0 Å². The molecule has 3 unspecified atom stereocenters. The molecule has 2 aliphatic rings. The summed E-state index contributed by atoms with van der Waals surface area (Å²) in [7, 11) is 0. The normalized spacial score (nSPS) is 30.2. The summed E-state index contributed by atoms with van der Waals surface area (Å²) in [6.45, 7) is 7.04. The third-order valence-electron chi connectivity index (χ3n) is 4.45. The number of hydrogen-bond acceptors (Lipinski definition) is 2. The second-order valence-electron chi connectivity index (χ2n) is 6.13. The van der Waals surface area contributed by atoms with Crippen molar-refractivity contribution in [1.82, 2.24) is 5.32 Å². The largest absolute Gasteiger partial charge is 0.316 e. The average Bonchev–Trinajstić information content (AvgIpc) is 2.83. The Morgan fingerprint density at radius 1 is 1.26 bits per heavy atom. The van der Waals surface area contributed by atoms with E-state index in [1.165, 1.54) is 5.56 Å². The summed E-state index contributed by atoms with van der Waals surface area (Å²) < 4.78 is 0. The van der Waals surface area contributed by atoms with E-state index in [2.05, 4.69) is 37.4 Å². The highest BCUT2D eigenvalue weighted by molar-refractivity contribution is 5.96. The Morgan fingerprint density at radius 3 is 2.79 bits per heavy atom. The summed E-state index contributed by atoms with van der Waals surface area (Å²) in [5.74, 6) is 1.43. The Bertz CT molecular complexity index is 485. The van der Waals surface area contributed by atoms with Gasteiger partial charge in [-0.2, -0.15) is 0 Å². The van der Waals surface area contributed by atoms with E-state index in [9.17, 15) is 4.79 Å². The highest BCUT2D eigenvalue weighted by Gasteiger charge is 2.35. The Kier molecular flexibility index (Phi) is 3.31. The Hall–Kier alpha value is -1.35. The number of amides is 1. The predicted molar refractivity (Wildman–Crippen MR) is 77.2 cm³/mol. The lowest BCUT2D eigenvalue weighted by Gasteiger charge is -2.35. The summed E-state index contributed by atoms with van der Waals surface area (Å²) in [6.07, 6.45) is 1.08. The maximum absolute atomic E-state index is 12.8. The van der Waals surface area contributed by atoms with Gasteiger partial charge in [-0.05, 0) is 36.4 Å². The Labute approximate surface area is 115 Å². The smallest absolute Gasteiger partial charge is 0.231 e. The second-order valence-corrected chi connectivity index (χ2v) is 6.13. The number of benzene rings is 1. The lowest BCUT2D eigenvalue weighted by Crippen LogP contribution is -2.44. The van der Waals surface area contributed by atoms with Crippen molar-refractivity contribution in [2.45, 2.75) is 20.3 Å². The first kappa shape index (κ1) is 12.7. The van der Waals surface area contributed by atoms with Gasteiger partial charge in [-0.1, -0.05) is 32.0 Å². The minimum absolute atomic E-state index is 0.137. The number of nitrogens with one attached hydrogen (secondary N) is 1. The molecule has 0 aliphatic carbocycles. The Morgan fingerprint density at radius 2 is 2.05 bits per heavy atom. The number of carbonyl (C=O) groups excluding carboxylic acids is 1. The molecule has 1 amide bonds. The standard InChI is InChI=1S/C16H22N2O/c1-11-7-13-5-3-4-6-15(13)18(10-11)16(19)14-9-17-8-12(14)2/h3-6,11-12,14,17H,7-10H2,1-2H3. The highest BCUT2D eigenvalue weighted by atomic mass is 16.2. The van der Waals surface area contributed by atoms with E-state index in [4.69, 9.17) is 0 Å². The molecule has 0 bridgehead atoms. The van der Waals surface area contributed by atoms with Crippen LogP contribution < -0.4 is 10.2 Å². The molecule has 3 rings (SSSR count). The molecule has 1 aromatic rings. The minimum atomic E-state index is 0.137. The fourth-order valence-corrected chi connectivity index (χ4v) is 3.35. The van der Waals surface area contributed by atoms with Gasteiger partial charge in [-0.15, -0.1) is 0 Å². The third-order valence-corrected chi connectivity index (χ3v) is 4.45. The first-order valence-electron chi connectivity index (χ1n) is 7.27. The van der Waals surface area contributed by atoms with Crippen LogP contribution in [0.1, 0.15) is 19.4 Å². The van der Waals surface area contributed by atoms with Gasteiger partial charge < -0.3 is 10.2 Å². The van der Waals surface area contributed by atoms with Crippen LogP contribution in [0.4, 0.5) is 5.69 Å². The van der Waals surface area contributed by atoms with E-state index in [0.29, 0.717) is 17.7 Å². The predicted octanol–water partition coefficient (Wildman–Crippen LogP) is 2.07. The zero-order valence-corrected chi connectivity index (χ0v) is 11.7. The molecule has 102 valence electrons. The van der Waals surface area contributed by atoms with Crippen molar-refractivity contribution in [1.29, 1.82) is 0 Å². The Balaban J connectivity index is 1.90. The molecule has 3 heteroatoms. The van der Waals surface area contributed by atoms with Crippen molar-refractivity contribution in [3.05, 3.63) is 29.8 Å². The number of para-hydroxylation sites is 1. The van der Waals surface area contributed by atoms with Gasteiger partial charge in [0, 0.05) is 18.8 Å².